The van der Waals surface area contributed by atoms with E-state index in [4.69, 9.17) is 0 Å². The summed E-state index contributed by atoms with van der Waals surface area (Å²) < 4.78 is 25.6. The van der Waals surface area contributed by atoms with Crippen LogP contribution >= 0.6 is 0 Å². The molecular formula is C21H25NO3S. The number of likely N-dealkylation sites (tertiary alicyclic amines) is 1. The van der Waals surface area contributed by atoms with Crippen molar-refractivity contribution in [2.75, 3.05) is 19.6 Å². The smallest absolute Gasteiger partial charge is 0.182 e. The van der Waals surface area contributed by atoms with Crippen LogP contribution in [0.15, 0.2) is 53.4 Å². The lowest BCUT2D eigenvalue weighted by molar-refractivity contribution is 0.305. The lowest BCUT2D eigenvalue weighted by Gasteiger charge is -2.18. The van der Waals surface area contributed by atoms with Crippen molar-refractivity contribution in [2.24, 2.45) is 5.92 Å². The second kappa shape index (κ2) is 7.05. The Bertz CT molecular complexity index is 851. The van der Waals surface area contributed by atoms with Gasteiger partial charge in [0.05, 0.1) is 10.1 Å². The van der Waals surface area contributed by atoms with Crippen LogP contribution in [0.1, 0.15) is 24.0 Å². The molecule has 0 aromatic heterocycles. The average Bonchev–Trinajstić information content (AvgIpc) is 3.27. The van der Waals surface area contributed by atoms with Crippen molar-refractivity contribution >= 4 is 9.84 Å². The summed E-state index contributed by atoms with van der Waals surface area (Å²) in [6.07, 6.45) is 4.12. The van der Waals surface area contributed by atoms with E-state index in [2.05, 4.69) is 29.2 Å². The molecule has 138 valence electrons. The van der Waals surface area contributed by atoms with Crippen molar-refractivity contribution in [3.63, 3.8) is 0 Å². The van der Waals surface area contributed by atoms with E-state index in [1.807, 2.05) is 0 Å². The minimum Gasteiger partial charge on any atom is -0.508 e. The number of phenols is 1. The number of phenolic OH excluding ortho intramolecular Hbond substituents is 1. The first-order valence-corrected chi connectivity index (χ1v) is 10.9. The second-order valence-corrected chi connectivity index (χ2v) is 9.81. The van der Waals surface area contributed by atoms with E-state index in [0.717, 1.165) is 32.4 Å². The molecule has 2 aromatic rings. The van der Waals surface area contributed by atoms with Crippen molar-refractivity contribution in [3.05, 3.63) is 59.7 Å². The number of nitrogens with zero attached hydrogens (tertiary/aromatic N) is 1. The molecule has 0 bridgehead atoms. The first-order chi connectivity index (χ1) is 12.5. The molecule has 2 aliphatic rings. The monoisotopic (exact) mass is 371 g/mol. The highest BCUT2D eigenvalue weighted by Gasteiger charge is 2.34. The van der Waals surface area contributed by atoms with Gasteiger partial charge in [0, 0.05) is 6.54 Å². The van der Waals surface area contributed by atoms with Crippen LogP contribution in [0.25, 0.3) is 0 Å². The Labute approximate surface area is 155 Å². The molecule has 1 fully saturated rings. The Morgan fingerprint density at radius 1 is 1.00 bits per heavy atom. The largest absolute Gasteiger partial charge is 0.508 e. The molecule has 5 heteroatoms. The van der Waals surface area contributed by atoms with Gasteiger partial charge in [-0.25, -0.2) is 8.42 Å². The molecule has 1 saturated heterocycles. The van der Waals surface area contributed by atoms with Crippen LogP contribution < -0.4 is 0 Å². The molecule has 2 aromatic carbocycles. The van der Waals surface area contributed by atoms with Crippen molar-refractivity contribution in [2.45, 2.75) is 35.8 Å². The van der Waals surface area contributed by atoms with Gasteiger partial charge in [-0.3, -0.25) is 0 Å². The number of hydrogen-bond acceptors (Lipinski definition) is 4. The zero-order valence-corrected chi connectivity index (χ0v) is 15.7. The van der Waals surface area contributed by atoms with Gasteiger partial charge in [-0.1, -0.05) is 24.3 Å². The number of rotatable bonds is 5. The van der Waals surface area contributed by atoms with Crippen LogP contribution in [-0.2, 0) is 22.7 Å². The Morgan fingerprint density at radius 2 is 1.65 bits per heavy atom. The first kappa shape index (κ1) is 17.6. The van der Waals surface area contributed by atoms with Gasteiger partial charge in [0.15, 0.2) is 9.84 Å². The summed E-state index contributed by atoms with van der Waals surface area (Å²) in [5.41, 5.74) is 2.96. The van der Waals surface area contributed by atoms with Gasteiger partial charge >= 0.3 is 0 Å². The fourth-order valence-electron chi connectivity index (χ4n) is 4.30. The summed E-state index contributed by atoms with van der Waals surface area (Å²) in [7, 11) is -3.32. The maximum atomic E-state index is 12.8. The van der Waals surface area contributed by atoms with Gasteiger partial charge in [-0.15, -0.1) is 0 Å². The predicted octanol–water partition coefficient (Wildman–Crippen LogP) is 3.05. The number of aromatic hydroxyl groups is 1. The number of sulfone groups is 1. The van der Waals surface area contributed by atoms with Crippen LogP contribution in [-0.4, -0.2) is 43.3 Å². The molecular weight excluding hydrogens is 346 g/mol. The third-order valence-electron chi connectivity index (χ3n) is 5.82. The number of benzene rings is 2. The Morgan fingerprint density at radius 3 is 2.31 bits per heavy atom. The maximum absolute atomic E-state index is 12.8. The lowest BCUT2D eigenvalue weighted by atomic mass is 10.0. The van der Waals surface area contributed by atoms with Gasteiger partial charge in [-0.2, -0.15) is 0 Å². The van der Waals surface area contributed by atoms with Crippen LogP contribution in [0, 0.1) is 5.92 Å². The summed E-state index contributed by atoms with van der Waals surface area (Å²) in [6.45, 7) is 2.44. The highest BCUT2D eigenvalue weighted by molar-refractivity contribution is 7.92. The van der Waals surface area contributed by atoms with E-state index in [9.17, 15) is 13.5 Å². The van der Waals surface area contributed by atoms with Crippen molar-refractivity contribution in [1.29, 1.82) is 0 Å². The summed E-state index contributed by atoms with van der Waals surface area (Å²) in [4.78, 5) is 2.61. The van der Waals surface area contributed by atoms with E-state index in [1.54, 1.807) is 0 Å². The SMILES string of the molecule is O=S(=O)(c1ccc(O)cc1)C1CCN(CCC2Cc3ccccc3C2)C1. The summed E-state index contributed by atoms with van der Waals surface area (Å²) in [5.74, 6) is 0.773. The first-order valence-electron chi connectivity index (χ1n) is 9.34. The maximum Gasteiger partial charge on any atom is 0.182 e. The molecule has 1 unspecified atom stereocenters. The van der Waals surface area contributed by atoms with Crippen molar-refractivity contribution < 1.29 is 13.5 Å². The normalized spacial score (nSPS) is 21.2. The standard InChI is InChI=1S/C21H25NO3S/c23-19-5-7-20(8-6-19)26(24,25)21-10-12-22(15-21)11-9-16-13-17-3-1-2-4-18(17)14-16/h1-8,16,21,23H,9-15H2. The predicted molar refractivity (Wildman–Crippen MR) is 102 cm³/mol. The number of hydrogen-bond donors (Lipinski definition) is 1. The minimum absolute atomic E-state index is 0.0922. The zero-order chi connectivity index (χ0) is 18.1. The van der Waals surface area contributed by atoms with Crippen LogP contribution in [0.2, 0.25) is 0 Å². The molecule has 1 heterocycles. The van der Waals surface area contributed by atoms with Gasteiger partial charge in [0.1, 0.15) is 5.75 Å². The molecule has 0 spiro atoms. The van der Waals surface area contributed by atoms with E-state index >= 15 is 0 Å². The molecule has 26 heavy (non-hydrogen) atoms. The molecule has 0 radical (unpaired) electrons. The van der Waals surface area contributed by atoms with Gasteiger partial charge in [0.2, 0.25) is 0 Å². The third kappa shape index (κ3) is 3.51. The average molecular weight is 372 g/mol. The quantitative estimate of drug-likeness (QED) is 0.878. The highest BCUT2D eigenvalue weighted by Crippen LogP contribution is 2.30. The Hall–Kier alpha value is -1.85. The Balaban J connectivity index is 1.32. The molecule has 1 aliphatic carbocycles. The van der Waals surface area contributed by atoms with Gasteiger partial charge in [-0.05, 0) is 80.1 Å². The topological polar surface area (TPSA) is 57.6 Å². The summed E-state index contributed by atoms with van der Waals surface area (Å²) in [5, 5.41) is 9.03. The van der Waals surface area contributed by atoms with E-state index in [1.165, 1.54) is 35.4 Å². The number of fused-ring (bicyclic) bond motifs is 1. The van der Waals surface area contributed by atoms with Crippen LogP contribution in [0.5, 0.6) is 5.75 Å². The highest BCUT2D eigenvalue weighted by atomic mass is 32.2. The molecule has 0 amide bonds. The van der Waals surface area contributed by atoms with E-state index in [-0.39, 0.29) is 11.0 Å². The fraction of sp³-hybridized carbons (Fsp3) is 0.429. The second-order valence-electron chi connectivity index (χ2n) is 7.58. The molecule has 0 saturated carbocycles. The molecule has 1 atom stereocenters. The summed E-state index contributed by atoms with van der Waals surface area (Å²) in [6, 6.07) is 14.6. The van der Waals surface area contributed by atoms with Crippen LogP contribution in [0.4, 0.5) is 0 Å². The Kier molecular flexibility index (Phi) is 4.76. The van der Waals surface area contributed by atoms with Gasteiger partial charge < -0.3 is 10.0 Å². The van der Waals surface area contributed by atoms with Crippen molar-refractivity contribution in [1.82, 2.24) is 4.90 Å². The van der Waals surface area contributed by atoms with Gasteiger partial charge in [0.25, 0.3) is 0 Å². The summed E-state index contributed by atoms with van der Waals surface area (Å²) >= 11 is 0. The van der Waals surface area contributed by atoms with E-state index < -0.39 is 9.84 Å². The minimum atomic E-state index is -3.32. The van der Waals surface area contributed by atoms with Crippen LogP contribution in [0.3, 0.4) is 0 Å². The van der Waals surface area contributed by atoms with Crippen molar-refractivity contribution in [3.8, 4) is 5.75 Å². The lowest BCUT2D eigenvalue weighted by Crippen LogP contribution is -2.28. The zero-order valence-electron chi connectivity index (χ0n) is 14.8. The fourth-order valence-corrected chi connectivity index (χ4v) is 6.02. The molecule has 4 nitrogen and oxygen atoms in total. The third-order valence-corrected chi connectivity index (χ3v) is 8.01. The molecule has 1 N–H and O–H groups in total. The molecule has 1 aliphatic heterocycles. The molecule has 4 rings (SSSR count). The van der Waals surface area contributed by atoms with E-state index in [0.29, 0.717) is 23.8 Å².